The summed E-state index contributed by atoms with van der Waals surface area (Å²) in [5, 5.41) is 18.7. The standard InChI is InChI=1S/C26H21N10/c1-5-13-21(14-6-1)33-25(29-35(31-33)23-17-9-3-10-18-23)27-28-26-30-36(24-19-11-4-12-20-24)32-34(26)22-15-7-2-8-16-22/h1-20,31H/q+1/p+1. The number of nitrogens with one attached hydrogen (secondary N) is 2. The molecule has 2 N–H and O–H groups in total. The first-order valence-electron chi connectivity index (χ1n) is 11.4. The van der Waals surface area contributed by atoms with Crippen LogP contribution in [-0.4, -0.2) is 30.2 Å². The van der Waals surface area contributed by atoms with E-state index < -0.39 is 0 Å². The predicted molar refractivity (Wildman–Crippen MR) is 133 cm³/mol. The Morgan fingerprint density at radius 1 is 0.444 bits per heavy atom. The van der Waals surface area contributed by atoms with E-state index in [-0.39, 0.29) is 0 Å². The van der Waals surface area contributed by atoms with E-state index in [9.17, 15) is 0 Å². The lowest BCUT2D eigenvalue weighted by molar-refractivity contribution is -0.650. The molecule has 0 bridgehead atoms. The average molecular weight is 475 g/mol. The Balaban J connectivity index is 1.38. The van der Waals surface area contributed by atoms with E-state index >= 15 is 0 Å². The molecule has 0 unspecified atom stereocenters. The number of nitrogens with zero attached hydrogens (tertiary/aromatic N) is 8. The van der Waals surface area contributed by atoms with E-state index in [1.807, 2.05) is 121 Å². The van der Waals surface area contributed by atoms with Gasteiger partial charge in [-0.2, -0.15) is 10.9 Å². The maximum absolute atomic E-state index is 4.67. The smallest absolute Gasteiger partial charge is 0.156 e. The van der Waals surface area contributed by atoms with Crippen molar-refractivity contribution in [1.82, 2.24) is 30.2 Å². The molecule has 0 aliphatic heterocycles. The number of hydrogen-bond acceptors (Lipinski definition) is 6. The lowest BCUT2D eigenvalue weighted by atomic mass is 10.3. The van der Waals surface area contributed by atoms with Crippen LogP contribution >= 0.6 is 0 Å². The van der Waals surface area contributed by atoms with Crippen LogP contribution in [0.2, 0.25) is 0 Å². The fourth-order valence-electron chi connectivity index (χ4n) is 3.65. The Hall–Kier alpha value is -5.38. The Kier molecular flexibility index (Phi) is 5.57. The van der Waals surface area contributed by atoms with Crippen molar-refractivity contribution in [1.29, 1.82) is 0 Å². The molecule has 10 heteroatoms. The number of benzene rings is 4. The Bertz CT molecular complexity index is 1440. The van der Waals surface area contributed by atoms with Crippen LogP contribution in [0.15, 0.2) is 121 Å². The summed E-state index contributed by atoms with van der Waals surface area (Å²) in [7, 11) is 0. The highest BCUT2D eigenvalue weighted by Crippen LogP contribution is 2.10. The Labute approximate surface area is 206 Å². The molecule has 0 amide bonds. The number of hydrazine groups is 1. The van der Waals surface area contributed by atoms with E-state index in [0.29, 0.717) is 11.9 Å². The molecular weight excluding hydrogens is 452 g/mol. The van der Waals surface area contributed by atoms with Gasteiger partial charge in [-0.15, -0.1) is 0 Å². The number of rotatable bonds is 7. The number of hydrogen-bond donors (Lipinski definition) is 2. The summed E-state index contributed by atoms with van der Waals surface area (Å²) in [4.78, 5) is 3.15. The molecular formula is C26H22N10+2. The molecule has 0 spiro atoms. The topological polar surface area (TPSA) is 93.2 Å². The summed E-state index contributed by atoms with van der Waals surface area (Å²) in [5.41, 5.74) is 9.73. The van der Waals surface area contributed by atoms with E-state index in [4.69, 9.17) is 0 Å². The zero-order valence-corrected chi connectivity index (χ0v) is 19.1. The largest absolute Gasteiger partial charge is 0.432 e. The van der Waals surface area contributed by atoms with Crippen molar-refractivity contribution >= 4 is 11.9 Å². The highest BCUT2D eigenvalue weighted by atomic mass is 15.7. The van der Waals surface area contributed by atoms with Gasteiger partial charge < -0.3 is 0 Å². The van der Waals surface area contributed by atoms with Gasteiger partial charge in [-0.3, -0.25) is 0 Å². The Morgan fingerprint density at radius 2 is 0.778 bits per heavy atom. The monoisotopic (exact) mass is 474 g/mol. The second-order valence-electron chi connectivity index (χ2n) is 7.82. The normalized spacial score (nSPS) is 10.8. The first kappa shape index (κ1) is 21.2. The lowest BCUT2D eigenvalue weighted by Gasteiger charge is -2.00. The van der Waals surface area contributed by atoms with Gasteiger partial charge in [0.1, 0.15) is 22.7 Å². The van der Waals surface area contributed by atoms with Gasteiger partial charge in [-0.25, -0.2) is 0 Å². The molecule has 10 nitrogen and oxygen atoms in total. The van der Waals surface area contributed by atoms with Gasteiger partial charge in [0, 0.05) is 10.4 Å². The zero-order valence-electron chi connectivity index (χ0n) is 19.1. The molecule has 174 valence electrons. The fraction of sp³-hybridized carbons (Fsp3) is 0. The van der Waals surface area contributed by atoms with Gasteiger partial charge >= 0.3 is 11.9 Å². The van der Waals surface area contributed by atoms with Crippen molar-refractivity contribution in [2.45, 2.75) is 0 Å². The lowest BCUT2D eigenvalue weighted by Crippen LogP contribution is -2.41. The van der Waals surface area contributed by atoms with Crippen molar-refractivity contribution in [3.05, 3.63) is 121 Å². The minimum absolute atomic E-state index is 0.471. The molecule has 6 aromatic rings. The van der Waals surface area contributed by atoms with E-state index in [1.54, 1.807) is 19.0 Å². The van der Waals surface area contributed by atoms with Gasteiger partial charge in [0.15, 0.2) is 0 Å². The predicted octanol–water partition coefficient (Wildman–Crippen LogP) is 2.84. The van der Waals surface area contributed by atoms with Crippen LogP contribution in [0.25, 0.3) is 22.7 Å². The average Bonchev–Trinajstić information content (AvgIpc) is 3.59. The van der Waals surface area contributed by atoms with Gasteiger partial charge in [0.25, 0.3) is 0 Å². The molecule has 0 saturated heterocycles. The minimum Gasteiger partial charge on any atom is -0.156 e. The van der Waals surface area contributed by atoms with Crippen LogP contribution in [0.3, 0.4) is 0 Å². The van der Waals surface area contributed by atoms with Crippen molar-refractivity contribution in [2.24, 2.45) is 0 Å². The highest BCUT2D eigenvalue weighted by Gasteiger charge is 2.26. The maximum atomic E-state index is 4.67. The molecule has 0 aliphatic rings. The van der Waals surface area contributed by atoms with Gasteiger partial charge in [-0.1, -0.05) is 82.2 Å². The molecule has 2 heterocycles. The third-order valence-corrected chi connectivity index (χ3v) is 5.39. The van der Waals surface area contributed by atoms with Crippen LogP contribution in [0.5, 0.6) is 0 Å². The zero-order chi connectivity index (χ0) is 24.2. The van der Waals surface area contributed by atoms with Gasteiger partial charge in [0.2, 0.25) is 0 Å². The second kappa shape index (κ2) is 9.47. The summed E-state index contributed by atoms with van der Waals surface area (Å²) in [6, 6.07) is 39.1. The second-order valence-corrected chi connectivity index (χ2v) is 7.82. The molecule has 0 aliphatic carbocycles. The van der Waals surface area contributed by atoms with Crippen molar-refractivity contribution in [2.75, 3.05) is 10.9 Å². The molecule has 2 aromatic heterocycles. The molecule has 0 radical (unpaired) electrons. The van der Waals surface area contributed by atoms with Crippen molar-refractivity contribution < 1.29 is 9.36 Å². The minimum atomic E-state index is 0.471. The molecule has 0 fully saturated rings. The SMILES string of the molecule is c1ccc(-n2nc(NNc3nn(-c4ccccc4)n[n+]3-c3ccccc3)[n+](-c3ccccc3)n2)cc1. The van der Waals surface area contributed by atoms with Crippen LogP contribution in [-0.2, 0) is 0 Å². The molecule has 0 atom stereocenters. The van der Waals surface area contributed by atoms with Gasteiger partial charge in [-0.05, 0) is 58.1 Å². The molecule has 4 aromatic carbocycles. The van der Waals surface area contributed by atoms with E-state index in [0.717, 1.165) is 22.7 Å². The highest BCUT2D eigenvalue weighted by molar-refractivity contribution is 5.36. The molecule has 0 saturated carbocycles. The number of anilines is 2. The summed E-state index contributed by atoms with van der Waals surface area (Å²) < 4.78 is 3.43. The van der Waals surface area contributed by atoms with Crippen LogP contribution in [0.1, 0.15) is 0 Å². The van der Waals surface area contributed by atoms with Crippen molar-refractivity contribution in [3.8, 4) is 22.7 Å². The van der Waals surface area contributed by atoms with Crippen LogP contribution in [0.4, 0.5) is 11.9 Å². The molecule has 36 heavy (non-hydrogen) atoms. The van der Waals surface area contributed by atoms with Crippen LogP contribution < -0.4 is 20.2 Å². The van der Waals surface area contributed by atoms with E-state index in [1.165, 1.54) is 0 Å². The summed E-state index contributed by atoms with van der Waals surface area (Å²) in [5.74, 6) is 0.942. The Morgan fingerprint density at radius 3 is 1.14 bits per heavy atom. The third-order valence-electron chi connectivity index (χ3n) is 5.39. The van der Waals surface area contributed by atoms with Crippen molar-refractivity contribution in [3.63, 3.8) is 0 Å². The molecule has 6 rings (SSSR count). The first-order chi connectivity index (χ1) is 17.8. The summed E-state index contributed by atoms with van der Waals surface area (Å²) in [6.45, 7) is 0. The third kappa shape index (κ3) is 4.26. The summed E-state index contributed by atoms with van der Waals surface area (Å²) in [6.07, 6.45) is 0. The number of aromatic nitrogens is 8. The number of tetrazole rings is 2. The first-order valence-corrected chi connectivity index (χ1v) is 11.4. The van der Waals surface area contributed by atoms with E-state index in [2.05, 4.69) is 31.5 Å². The maximum Gasteiger partial charge on any atom is 0.432 e. The number of para-hydroxylation sites is 4. The van der Waals surface area contributed by atoms with Gasteiger partial charge in [0.05, 0.1) is 10.2 Å². The summed E-state index contributed by atoms with van der Waals surface area (Å²) >= 11 is 0. The fourth-order valence-corrected chi connectivity index (χ4v) is 3.65. The van der Waals surface area contributed by atoms with Crippen LogP contribution in [0, 0.1) is 0 Å². The quantitative estimate of drug-likeness (QED) is 0.273.